The lowest BCUT2D eigenvalue weighted by atomic mass is 10.0. The second-order valence-corrected chi connectivity index (χ2v) is 6.07. The number of likely N-dealkylation sites (tertiary alicyclic amines) is 1. The van der Waals surface area contributed by atoms with Crippen molar-refractivity contribution in [1.29, 1.82) is 0 Å². The van der Waals surface area contributed by atoms with Crippen LogP contribution in [0.25, 0.3) is 0 Å². The molecule has 1 aromatic heterocycles. The number of rotatable bonds is 5. The fraction of sp³-hybridized carbons (Fsp3) is 0.786. The first-order chi connectivity index (χ1) is 11.0. The van der Waals surface area contributed by atoms with E-state index in [2.05, 4.69) is 10.4 Å². The van der Waals surface area contributed by atoms with Crippen LogP contribution in [-0.4, -0.2) is 52.7 Å². The average Bonchev–Trinajstić information content (AvgIpc) is 2.88. The molecule has 1 saturated heterocycles. The van der Waals surface area contributed by atoms with Crippen molar-refractivity contribution in [3.63, 3.8) is 0 Å². The lowest BCUT2D eigenvalue weighted by molar-refractivity contribution is -0.161. The number of hydrogen-bond donors (Lipinski definition) is 1. The maximum atomic E-state index is 13.3. The highest BCUT2D eigenvalue weighted by atomic mass is 19.4. The molecule has 1 fully saturated rings. The van der Waals surface area contributed by atoms with Crippen LogP contribution >= 0.6 is 0 Å². The molecule has 1 unspecified atom stereocenters. The summed E-state index contributed by atoms with van der Waals surface area (Å²) in [6, 6.07) is -2.21. The fourth-order valence-electron chi connectivity index (χ4n) is 2.81. The van der Waals surface area contributed by atoms with Gasteiger partial charge in [0.15, 0.2) is 0 Å². The first-order valence-corrected chi connectivity index (χ1v) is 7.65. The van der Waals surface area contributed by atoms with Gasteiger partial charge in [-0.05, 0) is 25.9 Å². The summed E-state index contributed by atoms with van der Waals surface area (Å²) in [7, 11) is 1.54. The molecular weight excluding hydrogens is 338 g/mol. The van der Waals surface area contributed by atoms with Crippen LogP contribution in [0.2, 0.25) is 0 Å². The number of nitrogens with one attached hydrogen (secondary N) is 1. The molecule has 0 amide bonds. The monoisotopic (exact) mass is 358 g/mol. The van der Waals surface area contributed by atoms with Gasteiger partial charge in [0.25, 0.3) is 0 Å². The minimum absolute atomic E-state index is 0.0319. The van der Waals surface area contributed by atoms with Crippen LogP contribution in [0.15, 0.2) is 12.4 Å². The Bertz CT molecular complexity index is 516. The van der Waals surface area contributed by atoms with Crippen LogP contribution in [-0.2, 0) is 7.05 Å². The van der Waals surface area contributed by atoms with E-state index in [1.165, 1.54) is 24.1 Å². The Morgan fingerprint density at radius 3 is 2.29 bits per heavy atom. The van der Waals surface area contributed by atoms with E-state index in [4.69, 9.17) is 0 Å². The zero-order valence-corrected chi connectivity index (χ0v) is 13.2. The second-order valence-electron chi connectivity index (χ2n) is 6.07. The number of aromatic nitrogens is 2. The van der Waals surface area contributed by atoms with Crippen molar-refractivity contribution in [3.05, 3.63) is 18.0 Å². The number of piperidine rings is 1. The molecule has 1 aliphatic heterocycles. The summed E-state index contributed by atoms with van der Waals surface area (Å²) in [5.74, 6) is 0. The van der Waals surface area contributed by atoms with E-state index >= 15 is 0 Å². The Hall–Kier alpha value is -1.29. The number of alkyl halides is 6. The van der Waals surface area contributed by atoms with Gasteiger partial charge in [0.2, 0.25) is 0 Å². The minimum Gasteiger partial charge on any atom is -0.303 e. The quantitative estimate of drug-likeness (QED) is 0.822. The molecule has 24 heavy (non-hydrogen) atoms. The van der Waals surface area contributed by atoms with Gasteiger partial charge < -0.3 is 4.90 Å². The Labute approximate surface area is 135 Å². The summed E-state index contributed by atoms with van der Waals surface area (Å²) >= 11 is 0. The molecule has 4 nitrogen and oxygen atoms in total. The maximum absolute atomic E-state index is 13.3. The van der Waals surface area contributed by atoms with Gasteiger partial charge in [0.05, 0.1) is 12.6 Å². The maximum Gasteiger partial charge on any atom is 0.408 e. The molecule has 0 spiro atoms. The molecule has 0 aliphatic carbocycles. The van der Waals surface area contributed by atoms with Gasteiger partial charge in [-0.2, -0.15) is 31.4 Å². The van der Waals surface area contributed by atoms with Gasteiger partial charge in [-0.1, -0.05) is 0 Å². The molecule has 2 heterocycles. The van der Waals surface area contributed by atoms with E-state index in [0.29, 0.717) is 25.9 Å². The number of hydrogen-bond acceptors (Lipinski definition) is 3. The molecule has 0 radical (unpaired) electrons. The Balaban J connectivity index is 1.89. The van der Waals surface area contributed by atoms with E-state index in [0.717, 1.165) is 0 Å². The molecule has 10 heteroatoms. The van der Waals surface area contributed by atoms with Crippen LogP contribution in [0, 0.1) is 0 Å². The predicted octanol–water partition coefficient (Wildman–Crippen LogP) is 3.03. The Kier molecular flexibility index (Phi) is 5.79. The van der Waals surface area contributed by atoms with Crippen LogP contribution in [0.1, 0.15) is 30.9 Å². The molecule has 2 rings (SSSR count). The third-order valence-electron chi connectivity index (χ3n) is 4.09. The van der Waals surface area contributed by atoms with Gasteiger partial charge in [-0.15, -0.1) is 0 Å². The van der Waals surface area contributed by atoms with E-state index < -0.39 is 24.8 Å². The van der Waals surface area contributed by atoms with Gasteiger partial charge in [0, 0.05) is 31.4 Å². The number of aryl methyl sites for hydroxylation is 1. The van der Waals surface area contributed by atoms with Crippen molar-refractivity contribution in [2.24, 2.45) is 7.05 Å². The van der Waals surface area contributed by atoms with E-state index in [1.54, 1.807) is 4.90 Å². The average molecular weight is 358 g/mol. The standard InChI is InChI=1S/C14H20F6N4/c1-23-9-10(8-21-23)12(14(18,19)20)22-11-2-5-24(6-3-11)7-4-13(15,16)17/h8-9,11-12,22H,2-7H2,1H3. The Morgan fingerprint density at radius 2 is 1.83 bits per heavy atom. The molecule has 0 saturated carbocycles. The van der Waals surface area contributed by atoms with Crippen molar-refractivity contribution in [2.75, 3.05) is 19.6 Å². The van der Waals surface area contributed by atoms with E-state index in [1.807, 2.05) is 0 Å². The third kappa shape index (κ3) is 5.66. The van der Waals surface area contributed by atoms with Crippen molar-refractivity contribution in [3.8, 4) is 0 Å². The highest BCUT2D eigenvalue weighted by Crippen LogP contribution is 2.33. The Morgan fingerprint density at radius 1 is 1.21 bits per heavy atom. The van der Waals surface area contributed by atoms with Gasteiger partial charge in [0.1, 0.15) is 6.04 Å². The molecule has 138 valence electrons. The zero-order chi connectivity index (χ0) is 18.0. The highest BCUT2D eigenvalue weighted by molar-refractivity contribution is 5.13. The van der Waals surface area contributed by atoms with Crippen LogP contribution in [0.5, 0.6) is 0 Å². The summed E-state index contributed by atoms with van der Waals surface area (Å²) < 4.78 is 77.7. The van der Waals surface area contributed by atoms with E-state index in [9.17, 15) is 26.3 Å². The topological polar surface area (TPSA) is 33.1 Å². The minimum atomic E-state index is -4.46. The molecule has 1 atom stereocenters. The van der Waals surface area contributed by atoms with Crippen LogP contribution < -0.4 is 5.32 Å². The zero-order valence-electron chi connectivity index (χ0n) is 13.2. The third-order valence-corrected chi connectivity index (χ3v) is 4.09. The van der Waals surface area contributed by atoms with Crippen LogP contribution in [0.4, 0.5) is 26.3 Å². The molecular formula is C14H20F6N4. The predicted molar refractivity (Wildman–Crippen MR) is 75.3 cm³/mol. The second kappa shape index (κ2) is 7.30. The summed E-state index contributed by atoms with van der Waals surface area (Å²) in [5.41, 5.74) is 0.0319. The van der Waals surface area contributed by atoms with Crippen molar-refractivity contribution in [2.45, 2.75) is 43.7 Å². The van der Waals surface area contributed by atoms with Crippen molar-refractivity contribution in [1.82, 2.24) is 20.0 Å². The SMILES string of the molecule is Cn1cc(C(NC2CCN(CCC(F)(F)F)CC2)C(F)(F)F)cn1. The lowest BCUT2D eigenvalue weighted by Crippen LogP contribution is -2.47. The molecule has 0 aromatic carbocycles. The lowest BCUT2D eigenvalue weighted by Gasteiger charge is -2.35. The molecule has 1 N–H and O–H groups in total. The summed E-state index contributed by atoms with van der Waals surface area (Å²) in [4.78, 5) is 1.64. The smallest absolute Gasteiger partial charge is 0.303 e. The summed E-state index contributed by atoms with van der Waals surface area (Å²) in [5, 5.41) is 6.36. The number of nitrogens with zero attached hydrogens (tertiary/aromatic N) is 3. The van der Waals surface area contributed by atoms with Gasteiger partial charge in [-0.25, -0.2) is 0 Å². The first kappa shape index (κ1) is 19.0. The molecule has 1 aliphatic rings. The normalized spacial score (nSPS) is 19.6. The van der Waals surface area contributed by atoms with Gasteiger partial charge in [-0.3, -0.25) is 10.00 Å². The van der Waals surface area contributed by atoms with Crippen LogP contribution in [0.3, 0.4) is 0 Å². The largest absolute Gasteiger partial charge is 0.408 e. The van der Waals surface area contributed by atoms with Crippen molar-refractivity contribution >= 4 is 0 Å². The fourth-order valence-corrected chi connectivity index (χ4v) is 2.81. The summed E-state index contributed by atoms with van der Waals surface area (Å²) in [6.07, 6.45) is -6.33. The molecule has 0 bridgehead atoms. The van der Waals surface area contributed by atoms with E-state index in [-0.39, 0.29) is 18.2 Å². The number of halogens is 6. The highest BCUT2D eigenvalue weighted by Gasteiger charge is 2.42. The van der Waals surface area contributed by atoms with Crippen molar-refractivity contribution < 1.29 is 26.3 Å². The first-order valence-electron chi connectivity index (χ1n) is 7.65. The molecule has 1 aromatic rings. The summed E-state index contributed by atoms with van der Waals surface area (Å²) in [6.45, 7) is 0.595. The van der Waals surface area contributed by atoms with Gasteiger partial charge >= 0.3 is 12.4 Å².